The van der Waals surface area contributed by atoms with Crippen molar-refractivity contribution in [3.05, 3.63) is 131 Å². The maximum atomic E-state index is 14.6. The zero-order valence-electron chi connectivity index (χ0n) is 26.7. The average Bonchev–Trinajstić information content (AvgIpc) is 3.02. The number of aryl methyl sites for hydroxylation is 3. The van der Waals surface area contributed by atoms with Crippen molar-refractivity contribution in [2.45, 2.75) is 58.5 Å². The summed E-state index contributed by atoms with van der Waals surface area (Å²) >= 11 is 0. The number of benzene rings is 4. The van der Waals surface area contributed by atoms with E-state index in [1.807, 2.05) is 101 Å². The molecule has 8 heteroatoms. The van der Waals surface area contributed by atoms with Crippen LogP contribution in [0.25, 0.3) is 0 Å². The van der Waals surface area contributed by atoms with Crippen LogP contribution in [0.15, 0.2) is 108 Å². The van der Waals surface area contributed by atoms with Crippen LogP contribution in [-0.4, -0.2) is 44.3 Å². The molecule has 0 aliphatic rings. The second-order valence-corrected chi connectivity index (χ2v) is 13.8. The number of hydrogen-bond acceptors (Lipinski definition) is 4. The molecule has 0 bridgehead atoms. The minimum atomic E-state index is -4.14. The number of carbonyl (C=O) groups excluding carboxylic acids is 2. The molecule has 236 valence electrons. The molecule has 45 heavy (non-hydrogen) atoms. The summed E-state index contributed by atoms with van der Waals surface area (Å²) in [7, 11) is -4.14. The van der Waals surface area contributed by atoms with Crippen LogP contribution in [0.3, 0.4) is 0 Å². The molecule has 0 heterocycles. The molecule has 0 saturated carbocycles. The first-order chi connectivity index (χ1) is 21.5. The molecule has 2 amide bonds. The highest BCUT2D eigenvalue weighted by molar-refractivity contribution is 7.92. The molecule has 1 N–H and O–H groups in total. The lowest BCUT2D eigenvalue weighted by molar-refractivity contribution is -0.140. The Hall–Kier alpha value is -4.43. The zero-order valence-corrected chi connectivity index (χ0v) is 27.6. The number of nitrogens with one attached hydrogen (secondary N) is 1. The third kappa shape index (κ3) is 8.82. The summed E-state index contributed by atoms with van der Waals surface area (Å²) in [5.74, 6) is -0.543. The van der Waals surface area contributed by atoms with Gasteiger partial charge in [-0.3, -0.25) is 13.9 Å². The molecule has 0 unspecified atom stereocenters. The first-order valence-electron chi connectivity index (χ1n) is 15.3. The van der Waals surface area contributed by atoms with E-state index >= 15 is 0 Å². The van der Waals surface area contributed by atoms with Gasteiger partial charge in [0.25, 0.3) is 10.0 Å². The van der Waals surface area contributed by atoms with Gasteiger partial charge in [-0.25, -0.2) is 8.42 Å². The number of hydrogen-bond donors (Lipinski definition) is 1. The van der Waals surface area contributed by atoms with Gasteiger partial charge in [-0.05, 0) is 67.1 Å². The van der Waals surface area contributed by atoms with E-state index in [0.717, 1.165) is 22.3 Å². The lowest BCUT2D eigenvalue weighted by atomic mass is 10.0. The predicted molar refractivity (Wildman–Crippen MR) is 180 cm³/mol. The van der Waals surface area contributed by atoms with Crippen LogP contribution in [0.4, 0.5) is 5.69 Å². The molecule has 0 spiro atoms. The van der Waals surface area contributed by atoms with Gasteiger partial charge in [-0.1, -0.05) is 104 Å². The van der Waals surface area contributed by atoms with Gasteiger partial charge >= 0.3 is 0 Å². The monoisotopic (exact) mass is 625 g/mol. The fourth-order valence-corrected chi connectivity index (χ4v) is 6.70. The maximum Gasteiger partial charge on any atom is 0.264 e. The summed E-state index contributed by atoms with van der Waals surface area (Å²) in [6, 6.07) is 30.2. The van der Waals surface area contributed by atoms with Crippen LogP contribution in [0.2, 0.25) is 0 Å². The summed E-state index contributed by atoms with van der Waals surface area (Å²) in [5, 5.41) is 3.03. The van der Waals surface area contributed by atoms with Crippen molar-refractivity contribution < 1.29 is 18.0 Å². The van der Waals surface area contributed by atoms with Crippen LogP contribution in [0.1, 0.15) is 41.7 Å². The van der Waals surface area contributed by atoms with Crippen LogP contribution in [-0.2, 0) is 32.6 Å². The van der Waals surface area contributed by atoms with E-state index < -0.39 is 28.5 Å². The van der Waals surface area contributed by atoms with Gasteiger partial charge in [0.1, 0.15) is 12.6 Å². The highest BCUT2D eigenvalue weighted by atomic mass is 32.2. The molecular weight excluding hydrogens is 582 g/mol. The van der Waals surface area contributed by atoms with Crippen LogP contribution in [0, 0.1) is 26.7 Å². The standard InChI is InChI=1S/C37H43N3O4S/c1-27(2)24-38-37(42)35(23-31-14-8-6-9-15-31)39(25-32-16-12-13-28(3)21-32)36(41)26-40(34-22-29(4)19-20-30(34)5)45(43,44)33-17-10-7-11-18-33/h6-22,27,35H,23-26H2,1-5H3,(H,38,42)/t35-/m0/s1. The fraction of sp³-hybridized carbons (Fsp3) is 0.297. The summed E-state index contributed by atoms with van der Waals surface area (Å²) in [6.07, 6.45) is 0.275. The molecule has 4 rings (SSSR count). The zero-order chi connectivity index (χ0) is 32.6. The van der Waals surface area contributed by atoms with Crippen LogP contribution in [0.5, 0.6) is 0 Å². The van der Waals surface area contributed by atoms with E-state index in [2.05, 4.69) is 5.32 Å². The maximum absolute atomic E-state index is 14.6. The third-order valence-electron chi connectivity index (χ3n) is 7.63. The number of nitrogens with zero attached hydrogens (tertiary/aromatic N) is 2. The van der Waals surface area contributed by atoms with Crippen molar-refractivity contribution >= 4 is 27.5 Å². The van der Waals surface area contributed by atoms with Gasteiger partial charge in [-0.2, -0.15) is 0 Å². The molecule has 4 aromatic carbocycles. The van der Waals surface area contributed by atoms with Gasteiger partial charge < -0.3 is 10.2 Å². The molecule has 0 aliphatic heterocycles. The molecule has 0 aliphatic carbocycles. The highest BCUT2D eigenvalue weighted by Crippen LogP contribution is 2.29. The summed E-state index contributed by atoms with van der Waals surface area (Å²) in [4.78, 5) is 30.1. The van der Waals surface area contributed by atoms with Crippen LogP contribution < -0.4 is 9.62 Å². The molecule has 1 atom stereocenters. The molecular formula is C37H43N3O4S. The predicted octanol–water partition coefficient (Wildman–Crippen LogP) is 6.22. The normalized spacial score (nSPS) is 12.0. The third-order valence-corrected chi connectivity index (χ3v) is 9.41. The highest BCUT2D eigenvalue weighted by Gasteiger charge is 2.35. The van der Waals surface area contributed by atoms with Crippen molar-refractivity contribution in [3.8, 4) is 0 Å². The van der Waals surface area contributed by atoms with Crippen molar-refractivity contribution in [1.82, 2.24) is 10.2 Å². The van der Waals surface area contributed by atoms with Crippen molar-refractivity contribution in [3.63, 3.8) is 0 Å². The Labute approximate surface area is 268 Å². The smallest absolute Gasteiger partial charge is 0.264 e. The summed E-state index contributed by atoms with van der Waals surface area (Å²) in [6.45, 7) is 9.83. The minimum absolute atomic E-state index is 0.0828. The Kier molecular flexibility index (Phi) is 11.2. The molecule has 0 fully saturated rings. The first-order valence-corrected chi connectivity index (χ1v) is 16.7. The van der Waals surface area contributed by atoms with E-state index in [9.17, 15) is 18.0 Å². The Morgan fingerprint density at radius 1 is 0.756 bits per heavy atom. The van der Waals surface area contributed by atoms with E-state index in [4.69, 9.17) is 0 Å². The minimum Gasteiger partial charge on any atom is -0.354 e. The SMILES string of the molecule is Cc1cccc(CN(C(=O)CN(c2cc(C)ccc2C)S(=O)(=O)c2ccccc2)[C@@H](Cc2ccccc2)C(=O)NCC(C)C)c1. The molecule has 0 saturated heterocycles. The summed E-state index contributed by atoms with van der Waals surface area (Å²) in [5.41, 5.74) is 4.77. The molecule has 0 aromatic heterocycles. The van der Waals surface area contributed by atoms with Crippen molar-refractivity contribution in [2.24, 2.45) is 5.92 Å². The van der Waals surface area contributed by atoms with E-state index in [0.29, 0.717) is 17.8 Å². The number of anilines is 1. The Balaban J connectivity index is 1.82. The Morgan fingerprint density at radius 3 is 2.02 bits per heavy atom. The van der Waals surface area contributed by atoms with Crippen LogP contribution >= 0.6 is 0 Å². The Bertz CT molecular complexity index is 1710. The van der Waals surface area contributed by atoms with Gasteiger partial charge in [0.15, 0.2) is 0 Å². The number of rotatable bonds is 13. The lowest BCUT2D eigenvalue weighted by Gasteiger charge is -2.34. The van der Waals surface area contributed by atoms with Crippen molar-refractivity contribution in [2.75, 3.05) is 17.4 Å². The van der Waals surface area contributed by atoms with E-state index in [1.54, 1.807) is 24.3 Å². The molecule has 4 aromatic rings. The van der Waals surface area contributed by atoms with Gasteiger partial charge in [-0.15, -0.1) is 0 Å². The van der Waals surface area contributed by atoms with Gasteiger partial charge in [0.2, 0.25) is 11.8 Å². The molecule has 0 radical (unpaired) electrons. The fourth-order valence-electron chi connectivity index (χ4n) is 5.20. The van der Waals surface area contributed by atoms with E-state index in [-0.39, 0.29) is 29.7 Å². The lowest BCUT2D eigenvalue weighted by Crippen LogP contribution is -2.53. The Morgan fingerprint density at radius 2 is 1.38 bits per heavy atom. The second kappa shape index (κ2) is 15.0. The number of sulfonamides is 1. The largest absolute Gasteiger partial charge is 0.354 e. The molecule has 7 nitrogen and oxygen atoms in total. The van der Waals surface area contributed by atoms with Crippen molar-refractivity contribution in [1.29, 1.82) is 0 Å². The quantitative estimate of drug-likeness (QED) is 0.191. The first kappa shape index (κ1) is 33.5. The second-order valence-electron chi connectivity index (χ2n) is 12.0. The topological polar surface area (TPSA) is 86.8 Å². The van der Waals surface area contributed by atoms with Gasteiger partial charge in [0.05, 0.1) is 10.6 Å². The number of amides is 2. The van der Waals surface area contributed by atoms with Gasteiger partial charge in [0, 0.05) is 19.5 Å². The average molecular weight is 626 g/mol. The number of carbonyl (C=O) groups is 2. The van der Waals surface area contributed by atoms with E-state index in [1.165, 1.54) is 21.3 Å². The summed E-state index contributed by atoms with van der Waals surface area (Å²) < 4.78 is 29.6.